The average Bonchev–Trinajstić information content (AvgIpc) is 3.47. The maximum atomic E-state index is 13.4. The third-order valence-corrected chi connectivity index (χ3v) is 8.18. The standard InChI is InChI=1S/C28H29N7O2S/c1-16-13-20(35-9-11-37-12-10-35)25(29-15-16)27-32-28(34-33-27)31-26-21(36)14-22-23(17(2)18(3)38-22)24(30-26)19-7-5-4-6-8-19/h4-8,13,15,26H,9-12,14H2,1-3H3,(H2,31,32,33,34). The van der Waals surface area contributed by atoms with E-state index in [9.17, 15) is 4.79 Å². The van der Waals surface area contributed by atoms with Crippen LogP contribution in [0, 0.1) is 20.8 Å². The molecule has 0 saturated carbocycles. The van der Waals surface area contributed by atoms with Crippen molar-refractivity contribution in [2.45, 2.75) is 33.4 Å². The molecular formula is C28H29N7O2S. The highest BCUT2D eigenvalue weighted by atomic mass is 32.1. The number of benzene rings is 1. The zero-order valence-corrected chi connectivity index (χ0v) is 22.4. The molecule has 2 aliphatic rings. The van der Waals surface area contributed by atoms with Gasteiger partial charge in [-0.15, -0.1) is 16.4 Å². The first kappa shape index (κ1) is 24.4. The van der Waals surface area contributed by atoms with Crippen molar-refractivity contribution >= 4 is 34.5 Å². The summed E-state index contributed by atoms with van der Waals surface area (Å²) in [6.45, 7) is 9.14. The van der Waals surface area contributed by atoms with E-state index in [1.807, 2.05) is 43.5 Å². The van der Waals surface area contributed by atoms with Crippen molar-refractivity contribution in [2.24, 2.45) is 4.99 Å². The van der Waals surface area contributed by atoms with Crippen LogP contribution in [0.2, 0.25) is 0 Å². The average molecular weight is 528 g/mol. The molecule has 0 spiro atoms. The minimum Gasteiger partial charge on any atom is -0.378 e. The van der Waals surface area contributed by atoms with E-state index in [-0.39, 0.29) is 5.78 Å². The number of ketones is 1. The number of H-pyrrole nitrogens is 1. The van der Waals surface area contributed by atoms with Crippen LogP contribution in [0.1, 0.15) is 32.0 Å². The number of thiophene rings is 1. The van der Waals surface area contributed by atoms with Crippen LogP contribution in [-0.4, -0.2) is 64.1 Å². The quantitative estimate of drug-likeness (QED) is 0.402. The third kappa shape index (κ3) is 4.61. The Labute approximate surface area is 225 Å². The Hall–Kier alpha value is -3.89. The molecule has 9 nitrogen and oxygen atoms in total. The Morgan fingerprint density at radius 1 is 1.13 bits per heavy atom. The van der Waals surface area contributed by atoms with Crippen LogP contribution in [0.5, 0.6) is 0 Å². The Balaban J connectivity index is 1.34. The highest BCUT2D eigenvalue weighted by Gasteiger charge is 2.30. The topological polar surface area (TPSA) is 108 Å². The zero-order valence-electron chi connectivity index (χ0n) is 21.6. The van der Waals surface area contributed by atoms with E-state index >= 15 is 0 Å². The number of Topliss-reactive ketones (excluding diaryl/α,β-unsaturated/α-hetero) is 1. The molecule has 0 radical (unpaired) electrons. The van der Waals surface area contributed by atoms with Gasteiger partial charge in [0, 0.05) is 46.6 Å². The highest BCUT2D eigenvalue weighted by Crippen LogP contribution is 2.33. The lowest BCUT2D eigenvalue weighted by Crippen LogP contribution is -2.36. The zero-order chi connectivity index (χ0) is 26.2. The van der Waals surface area contributed by atoms with Crippen LogP contribution in [0.25, 0.3) is 11.5 Å². The fraction of sp³-hybridized carbons (Fsp3) is 0.321. The number of carbonyl (C=O) groups is 1. The number of rotatable bonds is 5. The van der Waals surface area contributed by atoms with Gasteiger partial charge < -0.3 is 15.0 Å². The summed E-state index contributed by atoms with van der Waals surface area (Å²) in [6, 6.07) is 12.1. The summed E-state index contributed by atoms with van der Waals surface area (Å²) < 4.78 is 5.53. The van der Waals surface area contributed by atoms with Crippen LogP contribution in [-0.2, 0) is 16.0 Å². The number of nitrogens with zero attached hydrogens (tertiary/aromatic N) is 5. The monoisotopic (exact) mass is 527 g/mol. The number of fused-ring (bicyclic) bond motifs is 1. The number of hydrogen-bond donors (Lipinski definition) is 2. The number of aliphatic imine (C=N–C) groups is 1. The molecule has 5 heterocycles. The van der Waals surface area contributed by atoms with Crippen molar-refractivity contribution < 1.29 is 9.53 Å². The lowest BCUT2D eigenvalue weighted by molar-refractivity contribution is -0.118. The van der Waals surface area contributed by atoms with E-state index in [4.69, 9.17) is 9.73 Å². The van der Waals surface area contributed by atoms with E-state index in [1.165, 1.54) is 10.4 Å². The first-order valence-corrected chi connectivity index (χ1v) is 13.5. The molecule has 1 saturated heterocycles. The number of carbonyl (C=O) groups excluding carboxylic acids is 1. The fourth-order valence-corrected chi connectivity index (χ4v) is 6.11. The molecule has 38 heavy (non-hydrogen) atoms. The molecule has 0 bridgehead atoms. The van der Waals surface area contributed by atoms with Crippen molar-refractivity contribution in [3.8, 4) is 11.5 Å². The van der Waals surface area contributed by atoms with E-state index in [2.05, 4.69) is 50.3 Å². The van der Waals surface area contributed by atoms with Crippen LogP contribution in [0.3, 0.4) is 0 Å². The fourth-order valence-electron chi connectivity index (χ4n) is 4.92. The summed E-state index contributed by atoms with van der Waals surface area (Å²) in [4.78, 5) is 32.2. The van der Waals surface area contributed by atoms with Gasteiger partial charge in [-0.2, -0.15) is 4.98 Å². The van der Waals surface area contributed by atoms with E-state index in [0.717, 1.165) is 46.1 Å². The molecule has 1 atom stereocenters. The number of aromatic nitrogens is 4. The molecule has 6 rings (SSSR count). The number of ether oxygens (including phenoxy) is 1. The Bertz CT molecular complexity index is 1520. The van der Waals surface area contributed by atoms with Crippen molar-refractivity contribution in [1.29, 1.82) is 0 Å². The van der Waals surface area contributed by atoms with Crippen molar-refractivity contribution in [3.63, 3.8) is 0 Å². The number of pyridine rings is 1. The van der Waals surface area contributed by atoms with Gasteiger partial charge in [-0.3, -0.25) is 19.9 Å². The molecule has 194 valence electrons. The summed E-state index contributed by atoms with van der Waals surface area (Å²) in [5.74, 6) is 0.822. The first-order valence-electron chi connectivity index (χ1n) is 12.7. The molecule has 1 aromatic carbocycles. The molecule has 0 amide bonds. The van der Waals surface area contributed by atoms with E-state index in [0.29, 0.717) is 37.1 Å². The third-order valence-electron chi connectivity index (χ3n) is 6.97. The Morgan fingerprint density at radius 3 is 2.71 bits per heavy atom. The van der Waals surface area contributed by atoms with Crippen LogP contribution in [0.15, 0.2) is 47.6 Å². The largest absolute Gasteiger partial charge is 0.378 e. The van der Waals surface area contributed by atoms with Gasteiger partial charge in [-0.05, 0) is 38.0 Å². The summed E-state index contributed by atoms with van der Waals surface area (Å²) in [6.07, 6.45) is 1.32. The van der Waals surface area contributed by atoms with Gasteiger partial charge in [-0.1, -0.05) is 30.3 Å². The molecule has 4 aromatic rings. The number of hydrogen-bond acceptors (Lipinski definition) is 9. The lowest BCUT2D eigenvalue weighted by atomic mass is 9.98. The van der Waals surface area contributed by atoms with Crippen molar-refractivity contribution in [2.75, 3.05) is 36.5 Å². The number of anilines is 2. The lowest BCUT2D eigenvalue weighted by Gasteiger charge is -2.30. The Kier molecular flexibility index (Phi) is 6.50. The molecular weight excluding hydrogens is 498 g/mol. The van der Waals surface area contributed by atoms with E-state index < -0.39 is 6.17 Å². The number of nitrogens with one attached hydrogen (secondary N) is 2. The molecule has 2 N–H and O–H groups in total. The van der Waals surface area contributed by atoms with Gasteiger partial charge in [0.15, 0.2) is 17.8 Å². The van der Waals surface area contributed by atoms with E-state index in [1.54, 1.807) is 11.3 Å². The molecule has 3 aromatic heterocycles. The van der Waals surface area contributed by atoms with Gasteiger partial charge in [0.25, 0.3) is 0 Å². The predicted molar refractivity (Wildman–Crippen MR) is 149 cm³/mol. The summed E-state index contributed by atoms with van der Waals surface area (Å²) >= 11 is 1.67. The van der Waals surface area contributed by atoms with Crippen molar-refractivity contribution in [3.05, 3.63) is 74.6 Å². The number of aryl methyl sites for hydroxylation is 2. The minimum atomic E-state index is -0.808. The van der Waals surface area contributed by atoms with Gasteiger partial charge in [0.1, 0.15) is 5.69 Å². The highest BCUT2D eigenvalue weighted by molar-refractivity contribution is 7.12. The van der Waals surface area contributed by atoms with Crippen molar-refractivity contribution in [1.82, 2.24) is 20.2 Å². The van der Waals surface area contributed by atoms with Gasteiger partial charge in [0.2, 0.25) is 5.95 Å². The van der Waals surface area contributed by atoms with Crippen LogP contribution >= 0.6 is 11.3 Å². The summed E-state index contributed by atoms with van der Waals surface area (Å²) in [5.41, 5.74) is 6.79. The molecule has 0 aliphatic carbocycles. The first-order chi connectivity index (χ1) is 18.5. The second-order valence-electron chi connectivity index (χ2n) is 9.60. The maximum absolute atomic E-state index is 13.4. The summed E-state index contributed by atoms with van der Waals surface area (Å²) in [5, 5.41) is 10.6. The van der Waals surface area contributed by atoms with Gasteiger partial charge >= 0.3 is 0 Å². The maximum Gasteiger partial charge on any atom is 0.244 e. The second kappa shape index (κ2) is 10.1. The minimum absolute atomic E-state index is 0.0211. The second-order valence-corrected chi connectivity index (χ2v) is 10.9. The Morgan fingerprint density at radius 2 is 1.92 bits per heavy atom. The smallest absolute Gasteiger partial charge is 0.244 e. The van der Waals surface area contributed by atoms with Crippen LogP contribution in [0.4, 0.5) is 11.6 Å². The SMILES string of the molecule is Cc1cnc(-c2nc(NC3N=C(c4ccccc4)c4c(sc(C)c4C)CC3=O)n[nH]2)c(N2CCOCC2)c1. The van der Waals surface area contributed by atoms with Gasteiger partial charge in [0.05, 0.1) is 24.6 Å². The number of aromatic amines is 1. The predicted octanol–water partition coefficient (Wildman–Crippen LogP) is 4.09. The van der Waals surface area contributed by atoms with Crippen LogP contribution < -0.4 is 10.2 Å². The molecule has 1 unspecified atom stereocenters. The van der Waals surface area contributed by atoms with Gasteiger partial charge in [-0.25, -0.2) is 0 Å². The molecule has 2 aliphatic heterocycles. The summed E-state index contributed by atoms with van der Waals surface area (Å²) in [7, 11) is 0. The molecule has 10 heteroatoms. The normalized spacial score (nSPS) is 17.7. The number of morpholine rings is 1. The molecule has 1 fully saturated rings.